The number of thiophene rings is 1. The van der Waals surface area contributed by atoms with E-state index < -0.39 is 0 Å². The van der Waals surface area contributed by atoms with Crippen LogP contribution in [0.5, 0.6) is 0 Å². The minimum Gasteiger partial charge on any atom is -0.354 e. The van der Waals surface area contributed by atoms with Crippen LogP contribution in [-0.2, 0) is 4.79 Å². The monoisotopic (exact) mass is 238 g/mol. The Hall–Kier alpha value is -1.36. The van der Waals surface area contributed by atoms with Gasteiger partial charge in [-0.2, -0.15) is 11.3 Å². The Kier molecular flexibility index (Phi) is 3.56. The molecule has 0 bridgehead atoms. The fourth-order valence-electron chi connectivity index (χ4n) is 1.71. The van der Waals surface area contributed by atoms with Gasteiger partial charge in [0.15, 0.2) is 0 Å². The fourth-order valence-corrected chi connectivity index (χ4v) is 2.35. The van der Waals surface area contributed by atoms with Gasteiger partial charge in [-0.1, -0.05) is 0 Å². The van der Waals surface area contributed by atoms with Crippen molar-refractivity contribution >= 4 is 23.2 Å². The van der Waals surface area contributed by atoms with Gasteiger partial charge in [0, 0.05) is 11.9 Å². The Bertz CT molecular complexity index is 375. The van der Waals surface area contributed by atoms with E-state index in [9.17, 15) is 9.59 Å². The highest BCUT2D eigenvalue weighted by molar-refractivity contribution is 7.08. The van der Waals surface area contributed by atoms with Crippen LogP contribution >= 0.6 is 11.3 Å². The molecule has 1 aromatic rings. The predicted molar refractivity (Wildman–Crippen MR) is 62.4 cm³/mol. The zero-order chi connectivity index (χ0) is 11.4. The number of hydrogen-bond acceptors (Lipinski definition) is 3. The van der Waals surface area contributed by atoms with Gasteiger partial charge in [0.2, 0.25) is 5.91 Å². The molecule has 4 nitrogen and oxygen atoms in total. The maximum Gasteiger partial charge on any atom is 0.252 e. The van der Waals surface area contributed by atoms with Gasteiger partial charge in [-0.15, -0.1) is 0 Å². The van der Waals surface area contributed by atoms with Crippen LogP contribution in [0.15, 0.2) is 16.8 Å². The molecule has 16 heavy (non-hydrogen) atoms. The maximum absolute atomic E-state index is 11.7. The van der Waals surface area contributed by atoms with E-state index in [1.54, 1.807) is 11.4 Å². The molecule has 0 radical (unpaired) electrons. The molecule has 1 aromatic heterocycles. The second kappa shape index (κ2) is 5.12. The Morgan fingerprint density at radius 3 is 3.12 bits per heavy atom. The summed E-state index contributed by atoms with van der Waals surface area (Å²) >= 11 is 1.47. The molecule has 2 N–H and O–H groups in total. The minimum absolute atomic E-state index is 0.0684. The predicted octanol–water partition coefficient (Wildman–Crippen LogP) is 1.15. The summed E-state index contributed by atoms with van der Waals surface area (Å²) in [5.41, 5.74) is 0.627. The lowest BCUT2D eigenvalue weighted by Gasteiger charge is -2.14. The second-order valence-electron chi connectivity index (χ2n) is 3.82. The van der Waals surface area contributed by atoms with Crippen LogP contribution in [-0.4, -0.2) is 24.4 Å². The molecular weight excluding hydrogens is 224 g/mol. The number of carbonyl (C=O) groups excluding carboxylic acids is 2. The van der Waals surface area contributed by atoms with Crippen molar-refractivity contribution < 1.29 is 9.59 Å². The van der Waals surface area contributed by atoms with Gasteiger partial charge < -0.3 is 10.6 Å². The average Bonchev–Trinajstić information content (AvgIpc) is 2.73. The zero-order valence-corrected chi connectivity index (χ0v) is 9.68. The van der Waals surface area contributed by atoms with E-state index in [4.69, 9.17) is 0 Å². The smallest absolute Gasteiger partial charge is 0.252 e. The van der Waals surface area contributed by atoms with E-state index in [1.165, 1.54) is 11.3 Å². The summed E-state index contributed by atoms with van der Waals surface area (Å²) in [5.74, 6) is -0.232. The highest BCUT2D eigenvalue weighted by atomic mass is 32.1. The van der Waals surface area contributed by atoms with E-state index in [2.05, 4.69) is 10.6 Å². The van der Waals surface area contributed by atoms with Gasteiger partial charge in [-0.25, -0.2) is 0 Å². The molecule has 5 heteroatoms. The lowest BCUT2D eigenvalue weighted by atomic mass is 10.1. The van der Waals surface area contributed by atoms with E-state index in [0.29, 0.717) is 12.1 Å². The van der Waals surface area contributed by atoms with Crippen LogP contribution in [0, 0.1) is 0 Å². The quantitative estimate of drug-likeness (QED) is 0.812. The Morgan fingerprint density at radius 2 is 2.38 bits per heavy atom. The fraction of sp³-hybridized carbons (Fsp3) is 0.455. The first-order chi connectivity index (χ1) is 7.77. The minimum atomic E-state index is -0.380. The van der Waals surface area contributed by atoms with Crippen LogP contribution in [0.4, 0.5) is 0 Å². The molecule has 2 rings (SSSR count). The third-order valence-corrected chi connectivity index (χ3v) is 3.31. The summed E-state index contributed by atoms with van der Waals surface area (Å²) in [6.07, 6.45) is 2.67. The SMILES string of the molecule is O=C(N[C@@H]1CCCCNC1=O)c1ccsc1. The zero-order valence-electron chi connectivity index (χ0n) is 8.86. The highest BCUT2D eigenvalue weighted by Gasteiger charge is 2.22. The van der Waals surface area contributed by atoms with Crippen molar-refractivity contribution in [3.05, 3.63) is 22.4 Å². The van der Waals surface area contributed by atoms with Crippen molar-refractivity contribution in [1.29, 1.82) is 0 Å². The molecular formula is C11H14N2O2S. The first-order valence-electron chi connectivity index (χ1n) is 5.38. The summed E-state index contributed by atoms with van der Waals surface area (Å²) in [4.78, 5) is 23.3. The van der Waals surface area contributed by atoms with Crippen molar-refractivity contribution in [2.45, 2.75) is 25.3 Å². The Morgan fingerprint density at radius 1 is 1.50 bits per heavy atom. The summed E-state index contributed by atoms with van der Waals surface area (Å²) in [7, 11) is 0. The molecule has 1 aliphatic rings. The normalized spacial score (nSPS) is 21.0. The van der Waals surface area contributed by atoms with Crippen molar-refractivity contribution in [1.82, 2.24) is 10.6 Å². The van der Waals surface area contributed by atoms with Crippen LogP contribution in [0.3, 0.4) is 0 Å². The lowest BCUT2D eigenvalue weighted by molar-refractivity contribution is -0.122. The molecule has 2 heterocycles. The molecule has 2 amide bonds. The standard InChI is InChI=1S/C11H14N2O2S/c14-10(8-4-6-16-7-8)13-9-3-1-2-5-12-11(9)15/h4,6-7,9H,1-3,5H2,(H,12,15)(H,13,14)/t9-/m1/s1. The highest BCUT2D eigenvalue weighted by Crippen LogP contribution is 2.09. The van der Waals surface area contributed by atoms with E-state index in [-0.39, 0.29) is 17.9 Å². The number of carbonyl (C=O) groups is 2. The van der Waals surface area contributed by atoms with Gasteiger partial charge in [0.05, 0.1) is 5.56 Å². The van der Waals surface area contributed by atoms with E-state index in [0.717, 1.165) is 19.3 Å². The number of rotatable bonds is 2. The maximum atomic E-state index is 11.7. The van der Waals surface area contributed by atoms with Gasteiger partial charge in [-0.05, 0) is 30.7 Å². The summed E-state index contributed by atoms with van der Waals surface area (Å²) in [5, 5.41) is 9.19. The van der Waals surface area contributed by atoms with Gasteiger partial charge in [-0.3, -0.25) is 9.59 Å². The summed E-state index contributed by atoms with van der Waals surface area (Å²) in [6.45, 7) is 0.712. The number of amides is 2. The van der Waals surface area contributed by atoms with Crippen LogP contribution in [0.1, 0.15) is 29.6 Å². The third-order valence-electron chi connectivity index (χ3n) is 2.62. The summed E-state index contributed by atoms with van der Waals surface area (Å²) < 4.78 is 0. The average molecular weight is 238 g/mol. The number of hydrogen-bond donors (Lipinski definition) is 2. The van der Waals surface area contributed by atoms with Gasteiger partial charge >= 0.3 is 0 Å². The first-order valence-corrected chi connectivity index (χ1v) is 6.32. The molecule has 1 saturated heterocycles. The largest absolute Gasteiger partial charge is 0.354 e. The van der Waals surface area contributed by atoms with Crippen LogP contribution in [0.25, 0.3) is 0 Å². The molecule has 1 atom stereocenters. The van der Waals surface area contributed by atoms with Crippen molar-refractivity contribution in [2.24, 2.45) is 0 Å². The molecule has 86 valence electrons. The molecule has 0 saturated carbocycles. The molecule has 0 aromatic carbocycles. The van der Waals surface area contributed by atoms with E-state index in [1.807, 2.05) is 5.38 Å². The van der Waals surface area contributed by atoms with E-state index >= 15 is 0 Å². The molecule has 0 spiro atoms. The molecule has 1 aliphatic heterocycles. The summed E-state index contributed by atoms with van der Waals surface area (Å²) in [6, 6.07) is 1.38. The topological polar surface area (TPSA) is 58.2 Å². The molecule has 0 aliphatic carbocycles. The second-order valence-corrected chi connectivity index (χ2v) is 4.60. The first kappa shape index (κ1) is 11.1. The third kappa shape index (κ3) is 2.61. The van der Waals surface area contributed by atoms with Crippen molar-refractivity contribution in [3.63, 3.8) is 0 Å². The van der Waals surface area contributed by atoms with Gasteiger partial charge in [0.1, 0.15) is 6.04 Å². The van der Waals surface area contributed by atoms with Crippen molar-refractivity contribution in [2.75, 3.05) is 6.54 Å². The lowest BCUT2D eigenvalue weighted by Crippen LogP contribution is -2.45. The Balaban J connectivity index is 1.97. The van der Waals surface area contributed by atoms with Crippen molar-refractivity contribution in [3.8, 4) is 0 Å². The van der Waals surface area contributed by atoms with Crippen LogP contribution < -0.4 is 10.6 Å². The Labute approximate surface area is 98.0 Å². The van der Waals surface area contributed by atoms with Gasteiger partial charge in [0.25, 0.3) is 5.91 Å². The van der Waals surface area contributed by atoms with Crippen LogP contribution in [0.2, 0.25) is 0 Å². The molecule has 0 unspecified atom stereocenters. The number of nitrogens with one attached hydrogen (secondary N) is 2. The molecule has 1 fully saturated rings.